The van der Waals surface area contributed by atoms with Gasteiger partial charge in [-0.2, -0.15) is 0 Å². The Hall–Kier alpha value is -3.22. The highest BCUT2D eigenvalue weighted by molar-refractivity contribution is 5.97. The average molecular weight is 366 g/mol. The summed E-state index contributed by atoms with van der Waals surface area (Å²) < 4.78 is 7.13. The highest BCUT2D eigenvalue weighted by atomic mass is 16.5. The molecule has 0 saturated heterocycles. The maximum Gasteiger partial charge on any atom is 0.272 e. The fourth-order valence-electron chi connectivity index (χ4n) is 2.93. The smallest absolute Gasteiger partial charge is 0.272 e. The Morgan fingerprint density at radius 2 is 2.07 bits per heavy atom. The van der Waals surface area contributed by atoms with Crippen molar-refractivity contribution >= 4 is 16.9 Å². The minimum absolute atomic E-state index is 0.109. The minimum atomic E-state index is -0.225. The molecule has 1 N–H and O–H groups in total. The lowest BCUT2D eigenvalue weighted by molar-refractivity contribution is 0.0950. The maximum absolute atomic E-state index is 12.6. The van der Waals surface area contributed by atoms with E-state index in [1.54, 1.807) is 42.0 Å². The van der Waals surface area contributed by atoms with Gasteiger partial charge in [-0.1, -0.05) is 6.07 Å². The summed E-state index contributed by atoms with van der Waals surface area (Å²) in [5.74, 6) is 0.292. The van der Waals surface area contributed by atoms with Crippen LogP contribution in [-0.2, 0) is 13.1 Å². The van der Waals surface area contributed by atoms with Gasteiger partial charge in [-0.05, 0) is 45.0 Å². The lowest BCUT2D eigenvalue weighted by Crippen LogP contribution is -2.25. The predicted octanol–water partition coefficient (Wildman–Crippen LogP) is 2.45. The van der Waals surface area contributed by atoms with Gasteiger partial charge >= 0.3 is 0 Å². The molecule has 0 aliphatic rings. The van der Waals surface area contributed by atoms with Gasteiger partial charge in [0.2, 0.25) is 5.88 Å². The number of hydrogen-bond donors (Lipinski definition) is 1. The maximum atomic E-state index is 12.6. The number of nitrogens with zero attached hydrogens (tertiary/aromatic N) is 3. The lowest BCUT2D eigenvalue weighted by Gasteiger charge is -2.11. The SMILES string of the molecule is CCOc1ncccc1CNC(=O)c1ccc2c(c1)nc(C)c(=O)n2CC. The van der Waals surface area contributed by atoms with Crippen molar-refractivity contribution in [3.8, 4) is 5.88 Å². The number of amides is 1. The van der Waals surface area contributed by atoms with E-state index in [4.69, 9.17) is 4.74 Å². The molecule has 0 atom stereocenters. The molecule has 2 heterocycles. The largest absolute Gasteiger partial charge is 0.478 e. The second-order valence-corrected chi connectivity index (χ2v) is 6.03. The van der Waals surface area contributed by atoms with Crippen LogP contribution in [0.3, 0.4) is 0 Å². The van der Waals surface area contributed by atoms with Crippen molar-refractivity contribution in [2.45, 2.75) is 33.9 Å². The number of ether oxygens (including phenoxy) is 1. The van der Waals surface area contributed by atoms with Gasteiger partial charge in [0.1, 0.15) is 5.69 Å². The summed E-state index contributed by atoms with van der Waals surface area (Å²) in [6.07, 6.45) is 1.65. The molecule has 27 heavy (non-hydrogen) atoms. The third-order valence-corrected chi connectivity index (χ3v) is 4.26. The first-order valence-corrected chi connectivity index (χ1v) is 8.91. The summed E-state index contributed by atoms with van der Waals surface area (Å²) in [5, 5.41) is 2.88. The number of nitrogens with one attached hydrogen (secondary N) is 1. The molecule has 0 unspecified atom stereocenters. The highest BCUT2D eigenvalue weighted by Crippen LogP contribution is 2.16. The molecule has 3 aromatic rings. The van der Waals surface area contributed by atoms with Gasteiger partial charge in [-0.25, -0.2) is 9.97 Å². The van der Waals surface area contributed by atoms with Crippen LogP contribution in [0.15, 0.2) is 41.3 Å². The van der Waals surface area contributed by atoms with Gasteiger partial charge in [0.05, 0.1) is 17.6 Å². The summed E-state index contributed by atoms with van der Waals surface area (Å²) in [4.78, 5) is 33.3. The first-order valence-electron chi connectivity index (χ1n) is 8.91. The summed E-state index contributed by atoms with van der Waals surface area (Å²) >= 11 is 0. The zero-order valence-corrected chi connectivity index (χ0v) is 15.7. The first-order chi connectivity index (χ1) is 13.0. The number of rotatable bonds is 6. The van der Waals surface area contributed by atoms with E-state index in [9.17, 15) is 9.59 Å². The van der Waals surface area contributed by atoms with E-state index < -0.39 is 0 Å². The van der Waals surface area contributed by atoms with Gasteiger partial charge in [0.15, 0.2) is 0 Å². The Morgan fingerprint density at radius 1 is 1.26 bits per heavy atom. The summed E-state index contributed by atoms with van der Waals surface area (Å²) in [5.41, 5.74) is 2.94. The number of benzene rings is 1. The fourth-order valence-corrected chi connectivity index (χ4v) is 2.93. The zero-order valence-electron chi connectivity index (χ0n) is 15.7. The molecule has 2 aromatic heterocycles. The van der Waals surface area contributed by atoms with Crippen molar-refractivity contribution in [2.24, 2.45) is 0 Å². The van der Waals surface area contributed by atoms with Gasteiger partial charge in [-0.15, -0.1) is 0 Å². The predicted molar refractivity (Wildman–Crippen MR) is 103 cm³/mol. The van der Waals surface area contributed by atoms with Crippen LogP contribution in [0.5, 0.6) is 5.88 Å². The van der Waals surface area contributed by atoms with Crippen molar-refractivity contribution in [1.29, 1.82) is 0 Å². The van der Waals surface area contributed by atoms with E-state index in [1.807, 2.05) is 19.9 Å². The number of carbonyl (C=O) groups is 1. The van der Waals surface area contributed by atoms with Gasteiger partial charge in [0, 0.05) is 30.4 Å². The highest BCUT2D eigenvalue weighted by Gasteiger charge is 2.12. The molecule has 140 valence electrons. The first kappa shape index (κ1) is 18.6. The molecule has 0 aliphatic heterocycles. The van der Waals surface area contributed by atoms with Gasteiger partial charge in [-0.3, -0.25) is 9.59 Å². The van der Waals surface area contributed by atoms with Crippen LogP contribution in [0, 0.1) is 6.92 Å². The molecule has 3 rings (SSSR count). The van der Waals surface area contributed by atoms with Crippen LogP contribution < -0.4 is 15.6 Å². The summed E-state index contributed by atoms with van der Waals surface area (Å²) in [7, 11) is 0. The standard InChI is InChI=1S/C20H22N4O3/c1-4-24-17-9-8-14(11-16(17)23-13(3)20(24)26)18(25)22-12-15-7-6-10-21-19(15)27-5-2/h6-11H,4-5,12H2,1-3H3,(H,22,25). The van der Waals surface area contributed by atoms with E-state index in [2.05, 4.69) is 15.3 Å². The molecule has 7 nitrogen and oxygen atoms in total. The van der Waals surface area contributed by atoms with Crippen LogP contribution in [0.4, 0.5) is 0 Å². The summed E-state index contributed by atoms with van der Waals surface area (Å²) in [6, 6.07) is 8.83. The molecule has 1 amide bonds. The number of hydrogen-bond acceptors (Lipinski definition) is 5. The second kappa shape index (κ2) is 7.99. The number of pyridine rings is 1. The van der Waals surface area contributed by atoms with E-state index in [0.717, 1.165) is 11.1 Å². The Morgan fingerprint density at radius 3 is 2.81 bits per heavy atom. The molecule has 0 spiro atoms. The normalized spacial score (nSPS) is 10.8. The van der Waals surface area contributed by atoms with E-state index >= 15 is 0 Å². The van der Waals surface area contributed by atoms with Crippen molar-refractivity contribution in [2.75, 3.05) is 6.61 Å². The molecule has 7 heteroatoms. The minimum Gasteiger partial charge on any atom is -0.478 e. The lowest BCUT2D eigenvalue weighted by atomic mass is 10.1. The Balaban J connectivity index is 1.84. The van der Waals surface area contributed by atoms with Crippen LogP contribution in [-0.4, -0.2) is 27.0 Å². The van der Waals surface area contributed by atoms with Crippen molar-refractivity contribution in [3.05, 3.63) is 63.7 Å². The molecular weight excluding hydrogens is 344 g/mol. The fraction of sp³-hybridized carbons (Fsp3) is 0.300. The van der Waals surface area contributed by atoms with Gasteiger partial charge < -0.3 is 14.6 Å². The molecule has 0 fully saturated rings. The zero-order chi connectivity index (χ0) is 19.4. The van der Waals surface area contributed by atoms with Crippen molar-refractivity contribution in [1.82, 2.24) is 19.9 Å². The molecule has 0 saturated carbocycles. The second-order valence-electron chi connectivity index (χ2n) is 6.03. The van der Waals surface area contributed by atoms with E-state index in [-0.39, 0.29) is 11.5 Å². The number of fused-ring (bicyclic) bond motifs is 1. The average Bonchev–Trinajstić information content (AvgIpc) is 2.68. The van der Waals surface area contributed by atoms with Crippen molar-refractivity contribution < 1.29 is 9.53 Å². The van der Waals surface area contributed by atoms with E-state index in [1.165, 1.54) is 0 Å². The molecular formula is C20H22N4O3. The molecule has 0 radical (unpaired) electrons. The Bertz CT molecular complexity index is 1040. The van der Waals surface area contributed by atoms with Crippen LogP contribution in [0.2, 0.25) is 0 Å². The molecule has 0 aliphatic carbocycles. The molecule has 0 bridgehead atoms. The Kier molecular flexibility index (Phi) is 5.49. The Labute approximate surface area is 157 Å². The summed E-state index contributed by atoms with van der Waals surface area (Å²) in [6.45, 7) is 6.83. The van der Waals surface area contributed by atoms with Gasteiger partial charge in [0.25, 0.3) is 11.5 Å². The third-order valence-electron chi connectivity index (χ3n) is 4.26. The number of aromatic nitrogens is 3. The van der Waals surface area contributed by atoms with Crippen LogP contribution in [0.1, 0.15) is 35.5 Å². The monoisotopic (exact) mass is 366 g/mol. The number of carbonyl (C=O) groups excluding carboxylic acids is 1. The number of aryl methyl sites for hydroxylation is 2. The molecule has 1 aromatic carbocycles. The topological polar surface area (TPSA) is 86.1 Å². The van der Waals surface area contributed by atoms with Crippen LogP contribution in [0.25, 0.3) is 11.0 Å². The third kappa shape index (κ3) is 3.81. The van der Waals surface area contributed by atoms with Crippen molar-refractivity contribution in [3.63, 3.8) is 0 Å². The van der Waals surface area contributed by atoms with Crippen LogP contribution >= 0.6 is 0 Å². The quantitative estimate of drug-likeness (QED) is 0.724. The van der Waals surface area contributed by atoms with E-state index in [0.29, 0.717) is 42.4 Å².